The molecule has 5 nitrogen and oxygen atoms in total. The minimum absolute atomic E-state index is 0.0606. The number of rotatable bonds is 6. The lowest BCUT2D eigenvalue weighted by Crippen LogP contribution is -2.44. The molecule has 1 aromatic carbocycles. The highest BCUT2D eigenvalue weighted by Crippen LogP contribution is 2.51. The van der Waals surface area contributed by atoms with Gasteiger partial charge in [0.15, 0.2) is 0 Å². The number of carboxylic acids is 1. The van der Waals surface area contributed by atoms with Gasteiger partial charge in [-0.15, -0.1) is 13.2 Å². The van der Waals surface area contributed by atoms with Crippen molar-refractivity contribution in [3.05, 3.63) is 29.8 Å². The van der Waals surface area contributed by atoms with E-state index in [1.165, 1.54) is 18.2 Å². The summed E-state index contributed by atoms with van der Waals surface area (Å²) in [4.78, 5) is 24.1. The summed E-state index contributed by atoms with van der Waals surface area (Å²) in [7, 11) is 0. The first-order chi connectivity index (χ1) is 12.7. The molecule has 0 bridgehead atoms. The maximum Gasteiger partial charge on any atom is 0.573 e. The molecule has 2 atom stereocenters. The number of hydrogen-bond acceptors (Lipinski definition) is 3. The van der Waals surface area contributed by atoms with Crippen LogP contribution >= 0.6 is 0 Å². The van der Waals surface area contributed by atoms with Gasteiger partial charge in [-0.05, 0) is 36.8 Å². The van der Waals surface area contributed by atoms with Gasteiger partial charge >= 0.3 is 12.3 Å². The topological polar surface area (TPSA) is 75.6 Å². The van der Waals surface area contributed by atoms with E-state index in [0.717, 1.165) is 19.3 Å². The molecule has 2 aliphatic carbocycles. The van der Waals surface area contributed by atoms with Gasteiger partial charge in [0, 0.05) is 12.5 Å². The van der Waals surface area contributed by atoms with E-state index in [4.69, 9.17) is 0 Å². The van der Waals surface area contributed by atoms with Crippen molar-refractivity contribution in [1.82, 2.24) is 5.32 Å². The largest absolute Gasteiger partial charge is 0.573 e. The van der Waals surface area contributed by atoms with E-state index in [2.05, 4.69) is 10.1 Å². The zero-order valence-corrected chi connectivity index (χ0v) is 14.7. The van der Waals surface area contributed by atoms with Gasteiger partial charge in [-0.2, -0.15) is 0 Å². The third-order valence-electron chi connectivity index (χ3n) is 5.54. The van der Waals surface area contributed by atoms with Crippen LogP contribution in [0.25, 0.3) is 0 Å². The molecule has 2 saturated carbocycles. The lowest BCUT2D eigenvalue weighted by Gasteiger charge is -2.33. The van der Waals surface area contributed by atoms with E-state index in [-0.39, 0.29) is 24.1 Å². The van der Waals surface area contributed by atoms with E-state index in [1.54, 1.807) is 6.07 Å². The Bertz CT molecular complexity index is 713. The highest BCUT2D eigenvalue weighted by Gasteiger charge is 2.47. The van der Waals surface area contributed by atoms with Crippen LogP contribution in [0.1, 0.15) is 50.0 Å². The van der Waals surface area contributed by atoms with E-state index in [1.807, 2.05) is 0 Å². The summed E-state index contributed by atoms with van der Waals surface area (Å²) < 4.78 is 41.7. The number of hydrogen-bond donors (Lipinski definition) is 2. The number of ether oxygens (including phenoxy) is 1. The van der Waals surface area contributed by atoms with Crippen molar-refractivity contribution >= 4 is 11.9 Å². The Balaban J connectivity index is 1.62. The first-order valence-electron chi connectivity index (χ1n) is 9.08. The summed E-state index contributed by atoms with van der Waals surface area (Å²) in [5, 5.41) is 12.3. The van der Waals surface area contributed by atoms with Crippen molar-refractivity contribution in [2.45, 2.75) is 50.8 Å². The second-order valence-corrected chi connectivity index (χ2v) is 7.40. The van der Waals surface area contributed by atoms with Crippen LogP contribution in [0, 0.1) is 11.3 Å². The van der Waals surface area contributed by atoms with Crippen LogP contribution in [0.4, 0.5) is 13.2 Å². The normalized spacial score (nSPS) is 24.1. The quantitative estimate of drug-likeness (QED) is 0.780. The fraction of sp³-hybridized carbons (Fsp3) is 0.579. The number of carboxylic acid groups (broad SMARTS) is 1. The predicted molar refractivity (Wildman–Crippen MR) is 90.1 cm³/mol. The number of halogens is 3. The molecule has 148 valence electrons. The second-order valence-electron chi connectivity index (χ2n) is 7.40. The summed E-state index contributed by atoms with van der Waals surface area (Å²) in [6, 6.07) is 5.81. The molecule has 2 N–H and O–H groups in total. The van der Waals surface area contributed by atoms with Gasteiger partial charge < -0.3 is 15.2 Å². The first kappa shape index (κ1) is 19.5. The third kappa shape index (κ3) is 4.54. The number of aliphatic carboxylic acids is 1. The Morgan fingerprint density at radius 1 is 1.19 bits per heavy atom. The van der Waals surface area contributed by atoms with Crippen LogP contribution in [0.15, 0.2) is 24.3 Å². The van der Waals surface area contributed by atoms with Gasteiger partial charge in [-0.25, -0.2) is 0 Å². The number of nitrogens with one attached hydrogen (secondary N) is 1. The van der Waals surface area contributed by atoms with Crippen molar-refractivity contribution in [2.75, 3.05) is 6.54 Å². The fourth-order valence-electron chi connectivity index (χ4n) is 3.92. The summed E-state index contributed by atoms with van der Waals surface area (Å²) in [5.41, 5.74) is -0.587. The van der Waals surface area contributed by atoms with Crippen LogP contribution in [0.3, 0.4) is 0 Å². The predicted octanol–water partition coefficient (Wildman–Crippen LogP) is 3.84. The Hall–Kier alpha value is -2.25. The molecular formula is C19H22F3NO4. The highest BCUT2D eigenvalue weighted by molar-refractivity contribution is 5.84. The van der Waals surface area contributed by atoms with Gasteiger partial charge in [0.05, 0.1) is 5.41 Å². The molecule has 2 unspecified atom stereocenters. The Kier molecular flexibility index (Phi) is 5.35. The third-order valence-corrected chi connectivity index (χ3v) is 5.54. The summed E-state index contributed by atoms with van der Waals surface area (Å²) in [6.07, 6.45) is -0.698. The molecule has 1 amide bonds. The average Bonchev–Trinajstić information content (AvgIpc) is 3.40. The minimum atomic E-state index is -4.79. The highest BCUT2D eigenvalue weighted by atomic mass is 19.4. The Labute approximate surface area is 154 Å². The van der Waals surface area contributed by atoms with Crippen molar-refractivity contribution in [3.63, 3.8) is 0 Å². The van der Waals surface area contributed by atoms with Crippen LogP contribution in [-0.2, 0) is 9.59 Å². The smallest absolute Gasteiger partial charge is 0.481 e. The number of alkyl halides is 3. The van der Waals surface area contributed by atoms with Gasteiger partial charge in [0.2, 0.25) is 5.91 Å². The molecule has 0 aliphatic heterocycles. The van der Waals surface area contributed by atoms with E-state index in [9.17, 15) is 27.9 Å². The number of carbonyl (C=O) groups is 2. The fourth-order valence-corrected chi connectivity index (χ4v) is 3.92. The standard InChI is InChI=1S/C19H22F3NO4/c20-19(21,22)27-15-7-3-2-6-12(15)13-10-14(13)16(24)23-11-18(17(25)26)8-4-1-5-9-18/h2-3,6-7,13-14H,1,4-5,8-11H2,(H,23,24)(H,25,26). The molecule has 2 aliphatic rings. The van der Waals surface area contributed by atoms with E-state index < -0.39 is 23.7 Å². The maximum atomic E-state index is 12.5. The Morgan fingerprint density at radius 2 is 1.85 bits per heavy atom. The average molecular weight is 385 g/mol. The summed E-state index contributed by atoms with van der Waals surface area (Å²) in [5.74, 6) is -2.32. The van der Waals surface area contributed by atoms with E-state index in [0.29, 0.717) is 24.8 Å². The van der Waals surface area contributed by atoms with Gasteiger partial charge in [0.1, 0.15) is 5.75 Å². The second kappa shape index (κ2) is 7.40. The van der Waals surface area contributed by atoms with Gasteiger partial charge in [-0.3, -0.25) is 9.59 Å². The van der Waals surface area contributed by atoms with Crippen molar-refractivity contribution in [1.29, 1.82) is 0 Å². The molecule has 0 radical (unpaired) electrons. The molecule has 0 heterocycles. The van der Waals surface area contributed by atoms with Crippen molar-refractivity contribution in [3.8, 4) is 5.75 Å². The zero-order valence-electron chi connectivity index (χ0n) is 14.7. The number of carbonyl (C=O) groups excluding carboxylic acids is 1. The molecule has 8 heteroatoms. The lowest BCUT2D eigenvalue weighted by atomic mass is 9.74. The van der Waals surface area contributed by atoms with Crippen LogP contribution in [0.5, 0.6) is 5.75 Å². The van der Waals surface area contributed by atoms with Crippen molar-refractivity contribution < 1.29 is 32.6 Å². The molecule has 0 spiro atoms. The summed E-state index contributed by atoms with van der Waals surface area (Å²) >= 11 is 0. The number of benzene rings is 1. The van der Waals surface area contributed by atoms with Crippen LogP contribution in [0.2, 0.25) is 0 Å². The molecule has 0 saturated heterocycles. The molecule has 27 heavy (non-hydrogen) atoms. The first-order valence-corrected chi connectivity index (χ1v) is 9.08. The zero-order chi connectivity index (χ0) is 19.7. The lowest BCUT2D eigenvalue weighted by molar-refractivity contribution is -0.274. The maximum absolute atomic E-state index is 12.5. The number of para-hydroxylation sites is 1. The van der Waals surface area contributed by atoms with Crippen LogP contribution in [-0.4, -0.2) is 29.9 Å². The van der Waals surface area contributed by atoms with E-state index >= 15 is 0 Å². The van der Waals surface area contributed by atoms with Gasteiger partial charge in [0.25, 0.3) is 0 Å². The van der Waals surface area contributed by atoms with Gasteiger partial charge in [-0.1, -0.05) is 37.5 Å². The van der Waals surface area contributed by atoms with Crippen molar-refractivity contribution in [2.24, 2.45) is 11.3 Å². The summed E-state index contributed by atoms with van der Waals surface area (Å²) in [6.45, 7) is 0.0606. The SMILES string of the molecule is O=C(NCC1(C(=O)O)CCCCC1)C1CC1c1ccccc1OC(F)(F)F. The Morgan fingerprint density at radius 3 is 2.48 bits per heavy atom. The number of amides is 1. The molecule has 2 fully saturated rings. The molecule has 3 rings (SSSR count). The monoisotopic (exact) mass is 385 g/mol. The van der Waals surface area contributed by atoms with Crippen LogP contribution < -0.4 is 10.1 Å². The molecule has 0 aromatic heterocycles. The minimum Gasteiger partial charge on any atom is -0.481 e. The molecule has 1 aromatic rings. The molecular weight excluding hydrogens is 363 g/mol.